The molecule has 3 nitrogen and oxygen atoms in total. The fourth-order valence-electron chi connectivity index (χ4n) is 4.95. The lowest BCUT2D eigenvalue weighted by atomic mass is 10.0. The Kier molecular flexibility index (Phi) is 23.5. The molecule has 0 aromatic heterocycles. The van der Waals surface area contributed by atoms with E-state index in [1.165, 1.54) is 89.9 Å². The van der Waals surface area contributed by atoms with Crippen LogP contribution in [0.4, 0.5) is 0 Å². The minimum Gasteiger partial charge on any atom is -1.00 e. The molecule has 186 valence electrons. The van der Waals surface area contributed by atoms with Crippen molar-refractivity contribution in [3.63, 3.8) is 0 Å². The minimum absolute atomic E-state index is 0. The summed E-state index contributed by atoms with van der Waals surface area (Å²) in [7, 11) is 13.7. The average molecular weight is 472 g/mol. The quantitative estimate of drug-likeness (QED) is 0.153. The van der Waals surface area contributed by atoms with E-state index in [1.54, 1.807) is 0 Å². The van der Waals surface area contributed by atoms with Gasteiger partial charge in [0.2, 0.25) is 6.17 Å². The second-order valence-corrected chi connectivity index (χ2v) is 10.8. The topological polar surface area (TPSA) is 9.23 Å². The van der Waals surface area contributed by atoms with E-state index in [4.69, 9.17) is 4.74 Å². The molecular weight excluding hydrogens is 415 g/mol. The van der Waals surface area contributed by atoms with Crippen LogP contribution in [0, 0.1) is 0 Å². The molecule has 0 aliphatic carbocycles. The first kappa shape index (κ1) is 35.1. The smallest absolute Gasteiger partial charge is 0.241 e. The van der Waals surface area contributed by atoms with Crippen LogP contribution in [-0.2, 0) is 4.74 Å². The van der Waals surface area contributed by atoms with Crippen LogP contribution in [0.5, 0.6) is 0 Å². The molecule has 1 atom stereocenters. The predicted molar refractivity (Wildman–Crippen MR) is 126 cm³/mol. The predicted octanol–water partition coefficient (Wildman–Crippen LogP) is 0.619. The monoisotopic (exact) mass is 470 g/mol. The van der Waals surface area contributed by atoms with Gasteiger partial charge in [-0.3, -0.25) is 8.97 Å². The van der Waals surface area contributed by atoms with E-state index >= 15 is 0 Å². The molecule has 0 amide bonds. The Morgan fingerprint density at radius 1 is 0.533 bits per heavy atom. The molecule has 0 heterocycles. The summed E-state index contributed by atoms with van der Waals surface area (Å²) >= 11 is 0. The van der Waals surface area contributed by atoms with E-state index in [2.05, 4.69) is 56.1 Å². The van der Waals surface area contributed by atoms with Crippen molar-refractivity contribution < 1.29 is 38.5 Å². The summed E-state index contributed by atoms with van der Waals surface area (Å²) in [5.74, 6) is 0. The second-order valence-electron chi connectivity index (χ2n) is 10.8. The van der Waals surface area contributed by atoms with Crippen LogP contribution in [0.15, 0.2) is 0 Å². The molecule has 0 saturated carbocycles. The van der Waals surface area contributed by atoms with Gasteiger partial charge < -0.3 is 29.6 Å². The number of unbranched alkanes of at least 4 members (excludes halogenated alkanes) is 13. The largest absolute Gasteiger partial charge is 1.00 e. The molecule has 0 radical (unpaired) electrons. The number of hydrogen-bond donors (Lipinski definition) is 0. The molecule has 30 heavy (non-hydrogen) atoms. The van der Waals surface area contributed by atoms with Gasteiger partial charge in [0.1, 0.15) is 0 Å². The van der Waals surface area contributed by atoms with Gasteiger partial charge >= 0.3 is 0 Å². The van der Waals surface area contributed by atoms with Gasteiger partial charge in [-0.1, -0.05) is 90.4 Å². The summed E-state index contributed by atoms with van der Waals surface area (Å²) in [5.41, 5.74) is 0. The summed E-state index contributed by atoms with van der Waals surface area (Å²) in [6, 6.07) is 0. The maximum absolute atomic E-state index is 6.23. The van der Waals surface area contributed by atoms with E-state index < -0.39 is 0 Å². The van der Waals surface area contributed by atoms with Gasteiger partial charge in [-0.25, -0.2) is 0 Å². The molecule has 0 fully saturated rings. The molecule has 1 unspecified atom stereocenters. The van der Waals surface area contributed by atoms with Gasteiger partial charge in [-0.15, -0.1) is 0 Å². The van der Waals surface area contributed by atoms with Crippen molar-refractivity contribution in [1.29, 1.82) is 0 Å². The molecule has 5 heteroatoms. The summed E-state index contributed by atoms with van der Waals surface area (Å²) in [4.78, 5) is 0. The van der Waals surface area contributed by atoms with Crippen LogP contribution >= 0.6 is 0 Å². The van der Waals surface area contributed by atoms with Gasteiger partial charge in [0.05, 0.1) is 42.3 Å². The molecule has 0 aliphatic rings. The third-order valence-corrected chi connectivity index (χ3v) is 5.89. The van der Waals surface area contributed by atoms with Crippen molar-refractivity contribution in [3.8, 4) is 0 Å². The van der Waals surface area contributed by atoms with Crippen LogP contribution < -0.4 is 24.8 Å². The first-order valence-corrected chi connectivity index (χ1v) is 12.3. The zero-order chi connectivity index (χ0) is 21.5. The highest BCUT2D eigenvalue weighted by molar-refractivity contribution is 4.57. The van der Waals surface area contributed by atoms with Gasteiger partial charge in [0.15, 0.2) is 6.10 Å². The lowest BCUT2D eigenvalue weighted by Crippen LogP contribution is -3.00. The number of rotatable bonds is 19. The van der Waals surface area contributed by atoms with E-state index in [9.17, 15) is 0 Å². The number of quaternary nitrogens is 2. The molecule has 0 aromatic carbocycles. The number of hydrogen-bond acceptors (Lipinski definition) is 1. The molecular formula is C25H56Cl2N2O. The van der Waals surface area contributed by atoms with E-state index in [-0.39, 0.29) is 30.9 Å². The van der Waals surface area contributed by atoms with Crippen molar-refractivity contribution in [2.24, 2.45) is 0 Å². The minimum atomic E-state index is 0. The number of halogens is 2. The summed E-state index contributed by atoms with van der Waals surface area (Å²) in [6.07, 6.45) is 20.4. The van der Waals surface area contributed by atoms with Gasteiger partial charge in [0.25, 0.3) is 0 Å². The van der Waals surface area contributed by atoms with E-state index in [1.807, 2.05) is 0 Å². The van der Waals surface area contributed by atoms with Crippen LogP contribution in [-0.4, -0.2) is 70.1 Å². The highest BCUT2D eigenvalue weighted by Gasteiger charge is 2.41. The lowest BCUT2D eigenvalue weighted by molar-refractivity contribution is -1.09. The summed E-state index contributed by atoms with van der Waals surface area (Å²) in [5, 5.41) is 0. The number of nitrogens with zero attached hydrogens (tertiary/aromatic N) is 2. The summed E-state index contributed by atoms with van der Waals surface area (Å²) in [6.45, 7) is 5.46. The second kappa shape index (κ2) is 20.1. The van der Waals surface area contributed by atoms with Gasteiger partial charge in [0, 0.05) is 6.61 Å². The SMILES string of the molecule is CCCCCCCCCCCCCCCCOC(C)C([N+](C)(C)C)[N+](C)(C)C.[Cl-].[Cl-]. The number of likely N-dealkylation sites (N-methyl/N-ethyl adjacent to an activating group) is 2. The van der Waals surface area contributed by atoms with E-state index in [0.717, 1.165) is 15.6 Å². The normalized spacial score (nSPS) is 13.1. The standard InChI is InChI=1S/C25H56N2O.2ClH/c1-9-10-11-12-13-14-15-16-17-18-19-20-21-22-23-28-24(2)25(26(3,4)5)27(6,7)8;;/h24-25H,9-23H2,1-8H3;2*1H/q+2;;/p-2. The van der Waals surface area contributed by atoms with E-state index in [0.29, 0.717) is 6.17 Å². The fraction of sp³-hybridized carbons (Fsp3) is 1.00. The van der Waals surface area contributed by atoms with Gasteiger partial charge in [-0.05, 0) is 13.3 Å². The number of ether oxygens (including phenoxy) is 1. The van der Waals surface area contributed by atoms with Crippen LogP contribution in [0.1, 0.15) is 104 Å². The maximum Gasteiger partial charge on any atom is 0.241 e. The zero-order valence-electron chi connectivity index (χ0n) is 21.8. The van der Waals surface area contributed by atoms with Crippen LogP contribution in [0.2, 0.25) is 0 Å². The first-order valence-electron chi connectivity index (χ1n) is 12.3. The fourth-order valence-corrected chi connectivity index (χ4v) is 4.95. The van der Waals surface area contributed by atoms with Gasteiger partial charge in [-0.2, -0.15) is 0 Å². The van der Waals surface area contributed by atoms with Crippen LogP contribution in [0.3, 0.4) is 0 Å². The van der Waals surface area contributed by atoms with Crippen LogP contribution in [0.25, 0.3) is 0 Å². The zero-order valence-corrected chi connectivity index (χ0v) is 23.3. The highest BCUT2D eigenvalue weighted by Crippen LogP contribution is 2.19. The Balaban J connectivity index is -0.00000364. The third kappa shape index (κ3) is 19.2. The Bertz CT molecular complexity index is 340. The molecule has 0 saturated heterocycles. The molecule has 0 bridgehead atoms. The summed E-state index contributed by atoms with van der Waals surface area (Å²) < 4.78 is 8.10. The molecule has 0 aromatic rings. The highest BCUT2D eigenvalue weighted by atomic mass is 35.5. The van der Waals surface area contributed by atoms with Crippen molar-refractivity contribution in [3.05, 3.63) is 0 Å². The average Bonchev–Trinajstić information content (AvgIpc) is 2.55. The van der Waals surface area contributed by atoms with Crippen molar-refractivity contribution in [2.45, 2.75) is 116 Å². The first-order chi connectivity index (χ1) is 13.1. The van der Waals surface area contributed by atoms with Crippen molar-refractivity contribution in [2.75, 3.05) is 48.9 Å². The molecule has 0 rings (SSSR count). The molecule has 0 N–H and O–H groups in total. The lowest BCUT2D eigenvalue weighted by Gasteiger charge is -2.45. The van der Waals surface area contributed by atoms with Crippen molar-refractivity contribution in [1.82, 2.24) is 0 Å². The third-order valence-electron chi connectivity index (χ3n) is 5.89. The Labute approximate surface area is 203 Å². The Morgan fingerprint density at radius 2 is 0.833 bits per heavy atom. The molecule has 0 aliphatic heterocycles. The molecule has 0 spiro atoms. The van der Waals surface area contributed by atoms with Crippen molar-refractivity contribution >= 4 is 0 Å². The maximum atomic E-state index is 6.23. The Morgan fingerprint density at radius 3 is 1.13 bits per heavy atom. The Hall–Kier alpha value is 0.460.